The van der Waals surface area contributed by atoms with Gasteiger partial charge in [0.1, 0.15) is 0 Å². The number of aromatic nitrogens is 2. The second-order valence-corrected chi connectivity index (χ2v) is 8.64. The Balaban J connectivity index is 1.45. The number of H-pyrrole nitrogens is 1. The topological polar surface area (TPSA) is 55.2 Å². The standard InChI is InChI=1S/C21H24ClN5OS/c1-25-10-12-27(13-11-25)20-15(22)6-5-8-17(20)23-19(28)14-29-21-24-16-7-3-4-9-18(16)26(21)2/h3-9H,10-14H2,1-2H3,(H,23,28)/p+1. The molecule has 2 N–H and O–H groups in total. The molecule has 0 aliphatic carbocycles. The highest BCUT2D eigenvalue weighted by Gasteiger charge is 2.21. The van der Waals surface area contributed by atoms with E-state index in [2.05, 4.69) is 37.8 Å². The van der Waals surface area contributed by atoms with Crippen molar-refractivity contribution in [3.63, 3.8) is 0 Å². The van der Waals surface area contributed by atoms with Gasteiger partial charge in [-0.1, -0.05) is 29.8 Å². The lowest BCUT2D eigenvalue weighted by Gasteiger charge is -2.35. The highest BCUT2D eigenvalue weighted by Crippen LogP contribution is 2.34. The van der Waals surface area contributed by atoms with E-state index in [-0.39, 0.29) is 5.91 Å². The molecule has 0 atom stereocenters. The zero-order chi connectivity index (χ0) is 20.4. The van der Waals surface area contributed by atoms with Crippen molar-refractivity contribution in [1.82, 2.24) is 9.88 Å². The number of rotatable bonds is 5. The molecule has 2 aromatic carbocycles. The molecule has 29 heavy (non-hydrogen) atoms. The number of aromatic amines is 1. The molecular weight excluding hydrogens is 406 g/mol. The minimum atomic E-state index is -0.0497. The van der Waals surface area contributed by atoms with Gasteiger partial charge in [0.2, 0.25) is 5.91 Å². The van der Waals surface area contributed by atoms with Gasteiger partial charge in [0.05, 0.1) is 29.2 Å². The van der Waals surface area contributed by atoms with Crippen LogP contribution in [0.15, 0.2) is 47.6 Å². The number of aryl methyl sites for hydroxylation is 1. The summed E-state index contributed by atoms with van der Waals surface area (Å²) in [6, 6.07) is 13.8. The molecule has 0 unspecified atom stereocenters. The van der Waals surface area contributed by atoms with Gasteiger partial charge in [-0.25, -0.2) is 9.55 Å². The number of amides is 1. The first kappa shape index (κ1) is 20.1. The van der Waals surface area contributed by atoms with Gasteiger partial charge in [-0.15, -0.1) is 0 Å². The molecule has 1 amide bonds. The summed E-state index contributed by atoms with van der Waals surface area (Å²) >= 11 is 7.99. The summed E-state index contributed by atoms with van der Waals surface area (Å²) in [6.45, 7) is 3.74. The zero-order valence-corrected chi connectivity index (χ0v) is 18.2. The van der Waals surface area contributed by atoms with Crippen molar-refractivity contribution >= 4 is 51.7 Å². The minimum Gasteiger partial charge on any atom is -0.366 e. The Kier molecular flexibility index (Phi) is 5.99. The second kappa shape index (κ2) is 8.65. The number of likely N-dealkylation sites (N-methyl/N-ethyl adjacent to an activating group) is 1. The van der Waals surface area contributed by atoms with Crippen LogP contribution < -0.4 is 14.8 Å². The van der Waals surface area contributed by atoms with E-state index in [9.17, 15) is 4.79 Å². The van der Waals surface area contributed by atoms with E-state index in [1.54, 1.807) is 0 Å². The quantitative estimate of drug-likeness (QED) is 0.482. The lowest BCUT2D eigenvalue weighted by Crippen LogP contribution is -2.44. The van der Waals surface area contributed by atoms with Crippen LogP contribution in [-0.4, -0.2) is 54.8 Å². The van der Waals surface area contributed by atoms with E-state index in [1.807, 2.05) is 43.4 Å². The first-order valence-corrected chi connectivity index (χ1v) is 11.0. The van der Waals surface area contributed by atoms with Crippen LogP contribution in [0.3, 0.4) is 0 Å². The number of hydrogen-bond donors (Lipinski definition) is 2. The number of nitrogens with zero attached hydrogens (tertiary/aromatic N) is 3. The molecule has 1 aliphatic rings. The number of piperazine rings is 1. The molecule has 1 aromatic heterocycles. The largest absolute Gasteiger partial charge is 0.366 e. The summed E-state index contributed by atoms with van der Waals surface area (Å²) in [5.74, 6) is 0.265. The maximum atomic E-state index is 12.7. The summed E-state index contributed by atoms with van der Waals surface area (Å²) in [5.41, 5.74) is 3.86. The van der Waals surface area contributed by atoms with E-state index in [0.717, 1.165) is 53.7 Å². The number of hydrogen-bond acceptors (Lipinski definition) is 4. The van der Waals surface area contributed by atoms with Gasteiger partial charge in [-0.05, 0) is 43.1 Å². The zero-order valence-electron chi connectivity index (χ0n) is 16.6. The maximum Gasteiger partial charge on any atom is 0.317 e. The monoisotopic (exact) mass is 430 g/mol. The van der Waals surface area contributed by atoms with Crippen LogP contribution in [0, 0.1) is 0 Å². The maximum absolute atomic E-state index is 12.7. The summed E-state index contributed by atoms with van der Waals surface area (Å²) < 4.78 is 2.07. The average Bonchev–Trinajstić information content (AvgIpc) is 3.04. The fourth-order valence-electron chi connectivity index (χ4n) is 3.60. The molecule has 3 aromatic rings. The van der Waals surface area contributed by atoms with Crippen LogP contribution in [0.2, 0.25) is 5.02 Å². The van der Waals surface area contributed by atoms with E-state index in [1.165, 1.54) is 11.8 Å². The van der Waals surface area contributed by atoms with Gasteiger partial charge in [0, 0.05) is 26.2 Å². The van der Waals surface area contributed by atoms with Crippen molar-refractivity contribution in [2.75, 3.05) is 49.2 Å². The smallest absolute Gasteiger partial charge is 0.317 e. The summed E-state index contributed by atoms with van der Waals surface area (Å²) in [4.78, 5) is 20.6. The molecule has 1 aliphatic heterocycles. The predicted molar refractivity (Wildman–Crippen MR) is 120 cm³/mol. The number of imidazole rings is 1. The SMILES string of the molecule is CN1CCN(c2c(Cl)cccc2NC(=O)CSc2[nH]c3ccccc3[n+]2C)CC1. The van der Waals surface area contributed by atoms with Gasteiger partial charge < -0.3 is 15.1 Å². The molecular formula is C21H25ClN5OS+. The second-order valence-electron chi connectivity index (χ2n) is 7.27. The van der Waals surface area contributed by atoms with Crippen LogP contribution in [0.4, 0.5) is 11.4 Å². The first-order chi connectivity index (χ1) is 14.0. The summed E-state index contributed by atoms with van der Waals surface area (Å²) in [7, 11) is 4.12. The third kappa shape index (κ3) is 4.37. The van der Waals surface area contributed by atoms with E-state index in [4.69, 9.17) is 11.6 Å². The van der Waals surface area contributed by atoms with Crippen molar-refractivity contribution in [2.45, 2.75) is 5.16 Å². The molecule has 0 saturated carbocycles. The molecule has 4 rings (SSSR count). The van der Waals surface area contributed by atoms with Gasteiger partial charge in [-0.3, -0.25) is 4.79 Å². The van der Waals surface area contributed by atoms with Crippen LogP contribution >= 0.6 is 23.4 Å². The summed E-state index contributed by atoms with van der Waals surface area (Å²) in [6.07, 6.45) is 0. The van der Waals surface area contributed by atoms with Crippen LogP contribution in [0.5, 0.6) is 0 Å². The Hall–Kier alpha value is -2.22. The number of para-hydroxylation sites is 3. The van der Waals surface area contributed by atoms with Gasteiger partial charge in [0.15, 0.2) is 11.0 Å². The fraction of sp³-hybridized carbons (Fsp3) is 0.333. The highest BCUT2D eigenvalue weighted by atomic mass is 35.5. The van der Waals surface area contributed by atoms with E-state index in [0.29, 0.717) is 10.8 Å². The predicted octanol–water partition coefficient (Wildman–Crippen LogP) is 3.13. The normalized spacial score (nSPS) is 15.1. The van der Waals surface area contributed by atoms with Crippen molar-refractivity contribution in [3.05, 3.63) is 47.5 Å². The lowest BCUT2D eigenvalue weighted by atomic mass is 10.2. The number of anilines is 2. The van der Waals surface area contributed by atoms with Gasteiger partial charge >= 0.3 is 5.16 Å². The number of carbonyl (C=O) groups is 1. The van der Waals surface area contributed by atoms with Crippen molar-refractivity contribution in [1.29, 1.82) is 0 Å². The minimum absolute atomic E-state index is 0.0497. The summed E-state index contributed by atoms with van der Waals surface area (Å²) in [5, 5.41) is 4.68. The number of carbonyl (C=O) groups excluding carboxylic acids is 1. The molecule has 2 heterocycles. The van der Waals surface area contributed by atoms with Gasteiger partial charge in [-0.2, -0.15) is 0 Å². The molecule has 152 valence electrons. The molecule has 0 spiro atoms. The fourth-order valence-corrected chi connectivity index (χ4v) is 4.71. The average molecular weight is 431 g/mol. The van der Waals surface area contributed by atoms with Crippen molar-refractivity contribution in [2.24, 2.45) is 7.05 Å². The molecule has 1 fully saturated rings. The Bertz CT molecular complexity index is 1030. The number of fused-ring (bicyclic) bond motifs is 1. The number of nitrogens with one attached hydrogen (secondary N) is 2. The number of halogens is 1. The molecule has 6 nitrogen and oxygen atoms in total. The molecule has 1 saturated heterocycles. The Labute approximate surface area is 179 Å². The number of benzene rings is 2. The third-order valence-electron chi connectivity index (χ3n) is 5.23. The van der Waals surface area contributed by atoms with E-state index < -0.39 is 0 Å². The van der Waals surface area contributed by atoms with Crippen molar-refractivity contribution < 1.29 is 9.36 Å². The van der Waals surface area contributed by atoms with E-state index >= 15 is 0 Å². The van der Waals surface area contributed by atoms with Crippen molar-refractivity contribution in [3.8, 4) is 0 Å². The van der Waals surface area contributed by atoms with Crippen LogP contribution in [0.1, 0.15) is 0 Å². The number of thioether (sulfide) groups is 1. The Morgan fingerprint density at radius 3 is 2.69 bits per heavy atom. The lowest BCUT2D eigenvalue weighted by molar-refractivity contribution is -0.683. The third-order valence-corrected chi connectivity index (χ3v) is 6.59. The van der Waals surface area contributed by atoms with Gasteiger partial charge in [0.25, 0.3) is 0 Å². The molecule has 0 bridgehead atoms. The first-order valence-electron chi connectivity index (χ1n) is 9.64. The molecule has 0 radical (unpaired) electrons. The molecule has 8 heteroatoms. The highest BCUT2D eigenvalue weighted by molar-refractivity contribution is 7.99. The van der Waals surface area contributed by atoms with Crippen LogP contribution in [0.25, 0.3) is 11.0 Å². The Morgan fingerprint density at radius 2 is 1.93 bits per heavy atom. The van der Waals surface area contributed by atoms with Crippen LogP contribution in [-0.2, 0) is 11.8 Å². The Morgan fingerprint density at radius 1 is 1.17 bits per heavy atom.